The second kappa shape index (κ2) is 6.24. The Morgan fingerprint density at radius 2 is 2.26 bits per heavy atom. The molecule has 2 saturated heterocycles. The number of aliphatic hydroxyl groups is 1. The molecule has 0 unspecified atom stereocenters. The number of aromatic nitrogens is 2. The van der Waals surface area contributed by atoms with Crippen LogP contribution in [0.3, 0.4) is 0 Å². The summed E-state index contributed by atoms with van der Waals surface area (Å²) in [7, 11) is 0. The fraction of sp³-hybridized carbons (Fsp3) is 0.765. The third kappa shape index (κ3) is 3.02. The average Bonchev–Trinajstić information content (AvgIpc) is 3.07. The molecule has 2 aliphatic heterocycles. The monoisotopic (exact) mass is 320 g/mol. The zero-order valence-electron chi connectivity index (χ0n) is 14.5. The predicted octanol–water partition coefficient (Wildman–Crippen LogP) is 0.874. The number of hydrogen-bond donors (Lipinski definition) is 1. The number of amides is 1. The van der Waals surface area contributed by atoms with Crippen molar-refractivity contribution in [3.63, 3.8) is 0 Å². The SMILES string of the molecule is CCn1cc(CN2C[C@H]3CN(C(C)=O)CC[C@@]3(CO)C2)c(C)n1. The predicted molar refractivity (Wildman–Crippen MR) is 87.8 cm³/mol. The fourth-order valence-corrected chi connectivity index (χ4v) is 4.18. The molecule has 0 aliphatic carbocycles. The average molecular weight is 320 g/mol. The fourth-order valence-electron chi connectivity index (χ4n) is 4.18. The Kier molecular flexibility index (Phi) is 4.47. The third-order valence-corrected chi connectivity index (χ3v) is 5.73. The number of carbonyl (C=O) groups excluding carboxylic acids is 1. The standard InChI is InChI=1S/C17H28N4O2/c1-4-21-8-15(13(2)18-21)7-19-9-16-10-20(14(3)23)6-5-17(16,11-19)12-22/h8,16,22H,4-7,9-12H2,1-3H3/t16-,17-/m0/s1. The molecular weight excluding hydrogens is 292 g/mol. The van der Waals surface area contributed by atoms with Gasteiger partial charge in [0.1, 0.15) is 0 Å². The number of piperidine rings is 1. The van der Waals surface area contributed by atoms with E-state index in [1.54, 1.807) is 6.92 Å². The maximum atomic E-state index is 11.7. The van der Waals surface area contributed by atoms with Crippen LogP contribution in [0.2, 0.25) is 0 Å². The summed E-state index contributed by atoms with van der Waals surface area (Å²) in [5.41, 5.74) is 2.31. The molecule has 0 spiro atoms. The Morgan fingerprint density at radius 3 is 2.87 bits per heavy atom. The van der Waals surface area contributed by atoms with E-state index in [1.807, 2.05) is 9.58 Å². The number of fused-ring (bicyclic) bond motifs is 1. The summed E-state index contributed by atoms with van der Waals surface area (Å²) in [6.07, 6.45) is 3.03. The van der Waals surface area contributed by atoms with Gasteiger partial charge in [-0.05, 0) is 26.2 Å². The van der Waals surface area contributed by atoms with Crippen LogP contribution >= 0.6 is 0 Å². The Bertz CT molecular complexity index is 585. The van der Waals surface area contributed by atoms with Crippen LogP contribution in [0.15, 0.2) is 6.20 Å². The molecule has 2 fully saturated rings. The highest BCUT2D eigenvalue weighted by Crippen LogP contribution is 2.43. The van der Waals surface area contributed by atoms with Crippen LogP contribution in [0.25, 0.3) is 0 Å². The molecule has 1 aromatic heterocycles. The lowest BCUT2D eigenvalue weighted by Gasteiger charge is -2.42. The maximum Gasteiger partial charge on any atom is 0.219 e. The molecule has 2 atom stereocenters. The lowest BCUT2D eigenvalue weighted by molar-refractivity contribution is -0.133. The van der Waals surface area contributed by atoms with E-state index in [0.29, 0.717) is 5.92 Å². The van der Waals surface area contributed by atoms with E-state index >= 15 is 0 Å². The first-order valence-corrected chi connectivity index (χ1v) is 8.59. The molecule has 3 rings (SSSR count). The van der Waals surface area contributed by atoms with Crippen molar-refractivity contribution in [3.05, 3.63) is 17.5 Å². The van der Waals surface area contributed by atoms with Crippen LogP contribution in [0.1, 0.15) is 31.5 Å². The quantitative estimate of drug-likeness (QED) is 0.894. The van der Waals surface area contributed by atoms with Crippen molar-refractivity contribution in [2.75, 3.05) is 32.8 Å². The first kappa shape index (κ1) is 16.5. The second-order valence-electron chi connectivity index (χ2n) is 7.20. The minimum Gasteiger partial charge on any atom is -0.396 e. The summed E-state index contributed by atoms with van der Waals surface area (Å²) in [6, 6.07) is 0. The molecule has 1 N–H and O–H groups in total. The van der Waals surface area contributed by atoms with Crippen molar-refractivity contribution in [2.45, 2.75) is 40.3 Å². The van der Waals surface area contributed by atoms with E-state index in [1.165, 1.54) is 5.56 Å². The summed E-state index contributed by atoms with van der Waals surface area (Å²) in [4.78, 5) is 16.0. The zero-order chi connectivity index (χ0) is 16.6. The number of rotatable bonds is 4. The summed E-state index contributed by atoms with van der Waals surface area (Å²) in [5, 5.41) is 14.5. The number of carbonyl (C=O) groups is 1. The molecule has 6 heteroatoms. The van der Waals surface area contributed by atoms with Gasteiger partial charge in [0, 0.05) is 63.4 Å². The first-order chi connectivity index (χ1) is 11.0. The molecule has 0 bridgehead atoms. The van der Waals surface area contributed by atoms with Crippen molar-refractivity contribution < 1.29 is 9.90 Å². The summed E-state index contributed by atoms with van der Waals surface area (Å²) >= 11 is 0. The van der Waals surface area contributed by atoms with E-state index in [2.05, 4.69) is 30.0 Å². The molecule has 3 heterocycles. The van der Waals surface area contributed by atoms with Crippen LogP contribution in [-0.2, 0) is 17.9 Å². The molecule has 1 amide bonds. The Hall–Kier alpha value is -1.40. The molecule has 0 aromatic carbocycles. The van der Waals surface area contributed by atoms with Gasteiger partial charge in [-0.25, -0.2) is 0 Å². The maximum absolute atomic E-state index is 11.7. The van der Waals surface area contributed by atoms with E-state index < -0.39 is 0 Å². The Balaban J connectivity index is 1.72. The van der Waals surface area contributed by atoms with E-state index in [0.717, 1.165) is 51.4 Å². The van der Waals surface area contributed by atoms with Gasteiger partial charge >= 0.3 is 0 Å². The molecule has 6 nitrogen and oxygen atoms in total. The van der Waals surface area contributed by atoms with Crippen LogP contribution in [-0.4, -0.2) is 63.4 Å². The Morgan fingerprint density at radius 1 is 1.48 bits per heavy atom. The van der Waals surface area contributed by atoms with Gasteiger partial charge in [-0.2, -0.15) is 5.10 Å². The summed E-state index contributed by atoms with van der Waals surface area (Å²) < 4.78 is 1.98. The first-order valence-electron chi connectivity index (χ1n) is 8.59. The van der Waals surface area contributed by atoms with Crippen molar-refractivity contribution in [1.82, 2.24) is 19.6 Å². The summed E-state index contributed by atoms with van der Waals surface area (Å²) in [5.74, 6) is 0.515. The van der Waals surface area contributed by atoms with E-state index in [-0.39, 0.29) is 17.9 Å². The van der Waals surface area contributed by atoms with Crippen LogP contribution in [0.5, 0.6) is 0 Å². The van der Waals surface area contributed by atoms with E-state index in [9.17, 15) is 9.90 Å². The van der Waals surface area contributed by atoms with Crippen molar-refractivity contribution in [1.29, 1.82) is 0 Å². The van der Waals surface area contributed by atoms with Crippen LogP contribution in [0, 0.1) is 18.3 Å². The van der Waals surface area contributed by atoms with Gasteiger partial charge in [0.25, 0.3) is 0 Å². The van der Waals surface area contributed by atoms with Crippen molar-refractivity contribution >= 4 is 5.91 Å². The number of hydrogen-bond acceptors (Lipinski definition) is 4. The van der Waals surface area contributed by atoms with Gasteiger partial charge in [0.2, 0.25) is 5.91 Å². The van der Waals surface area contributed by atoms with E-state index in [4.69, 9.17) is 0 Å². The minimum absolute atomic E-state index is 0.0411. The summed E-state index contributed by atoms with van der Waals surface area (Å²) in [6.45, 7) is 11.2. The highest BCUT2D eigenvalue weighted by atomic mass is 16.3. The smallest absolute Gasteiger partial charge is 0.219 e. The molecule has 23 heavy (non-hydrogen) atoms. The highest BCUT2D eigenvalue weighted by Gasteiger charge is 2.49. The van der Waals surface area contributed by atoms with Crippen molar-refractivity contribution in [2.24, 2.45) is 11.3 Å². The lowest BCUT2D eigenvalue weighted by Crippen LogP contribution is -2.50. The molecule has 1 aromatic rings. The lowest BCUT2D eigenvalue weighted by atomic mass is 9.73. The molecule has 2 aliphatic rings. The Labute approximate surface area is 138 Å². The topological polar surface area (TPSA) is 61.6 Å². The van der Waals surface area contributed by atoms with Crippen LogP contribution in [0.4, 0.5) is 0 Å². The molecule has 0 saturated carbocycles. The van der Waals surface area contributed by atoms with Gasteiger partial charge in [-0.1, -0.05) is 0 Å². The number of nitrogens with zero attached hydrogens (tertiary/aromatic N) is 4. The normalized spacial score (nSPS) is 28.2. The zero-order valence-corrected chi connectivity index (χ0v) is 14.5. The number of aliphatic hydroxyl groups excluding tert-OH is 1. The highest BCUT2D eigenvalue weighted by molar-refractivity contribution is 5.73. The third-order valence-electron chi connectivity index (χ3n) is 5.73. The van der Waals surface area contributed by atoms with Gasteiger partial charge < -0.3 is 10.0 Å². The largest absolute Gasteiger partial charge is 0.396 e. The van der Waals surface area contributed by atoms with Gasteiger partial charge in [0.05, 0.1) is 12.3 Å². The van der Waals surface area contributed by atoms with Gasteiger partial charge in [-0.3, -0.25) is 14.4 Å². The molecular formula is C17H28N4O2. The molecule has 128 valence electrons. The molecule has 0 radical (unpaired) electrons. The number of aryl methyl sites for hydroxylation is 2. The minimum atomic E-state index is -0.0411. The number of likely N-dealkylation sites (tertiary alicyclic amines) is 2. The van der Waals surface area contributed by atoms with Gasteiger partial charge in [-0.15, -0.1) is 0 Å². The second-order valence-corrected chi connectivity index (χ2v) is 7.20. The van der Waals surface area contributed by atoms with Gasteiger partial charge in [0.15, 0.2) is 0 Å². The van der Waals surface area contributed by atoms with Crippen LogP contribution < -0.4 is 0 Å². The van der Waals surface area contributed by atoms with Crippen molar-refractivity contribution in [3.8, 4) is 0 Å².